The first-order valence-electron chi connectivity index (χ1n) is 9.18. The number of carboxylic acids is 1. The molecule has 1 unspecified atom stereocenters. The van der Waals surface area contributed by atoms with Gasteiger partial charge in [-0.05, 0) is 41.7 Å². The molecular formula is C21H22N4O2. The normalized spacial score (nSPS) is 17.2. The molecule has 0 radical (unpaired) electrons. The van der Waals surface area contributed by atoms with Crippen LogP contribution in [0.1, 0.15) is 18.4 Å². The molecule has 0 saturated carbocycles. The van der Waals surface area contributed by atoms with E-state index in [1.165, 1.54) is 0 Å². The lowest BCUT2D eigenvalue weighted by atomic mass is 9.96. The van der Waals surface area contributed by atoms with Gasteiger partial charge < -0.3 is 15.7 Å². The maximum atomic E-state index is 11.5. The number of aliphatic carboxylic acids is 1. The quantitative estimate of drug-likeness (QED) is 0.741. The van der Waals surface area contributed by atoms with Gasteiger partial charge in [0.05, 0.1) is 16.8 Å². The Bertz CT molecular complexity index is 984. The van der Waals surface area contributed by atoms with Crippen LogP contribution in [0.2, 0.25) is 0 Å². The van der Waals surface area contributed by atoms with Crippen LogP contribution in [-0.2, 0) is 11.3 Å². The molecule has 2 heterocycles. The molecule has 0 aliphatic carbocycles. The van der Waals surface area contributed by atoms with E-state index in [2.05, 4.69) is 33.1 Å². The minimum absolute atomic E-state index is 0.364. The van der Waals surface area contributed by atoms with E-state index in [0.29, 0.717) is 19.5 Å². The molecule has 1 aromatic heterocycles. The Morgan fingerprint density at radius 2 is 2.07 bits per heavy atom. The van der Waals surface area contributed by atoms with Crippen molar-refractivity contribution in [2.45, 2.75) is 19.4 Å². The summed E-state index contributed by atoms with van der Waals surface area (Å²) in [6.45, 7) is 1.75. The smallest absolute Gasteiger partial charge is 0.308 e. The number of carbonyl (C=O) groups is 1. The summed E-state index contributed by atoms with van der Waals surface area (Å²) in [4.78, 5) is 22.6. The lowest BCUT2D eigenvalue weighted by Crippen LogP contribution is -2.39. The average molecular weight is 362 g/mol. The number of aromatic nitrogens is 2. The number of hydrogen-bond donors (Lipinski definition) is 2. The van der Waals surface area contributed by atoms with E-state index in [1.54, 1.807) is 6.33 Å². The number of fused-ring (bicyclic) bond motifs is 1. The number of benzene rings is 2. The first-order valence-corrected chi connectivity index (χ1v) is 9.18. The second-order valence-electron chi connectivity index (χ2n) is 6.92. The van der Waals surface area contributed by atoms with Crippen molar-refractivity contribution in [3.8, 4) is 11.1 Å². The molecule has 0 amide bonds. The van der Waals surface area contributed by atoms with E-state index >= 15 is 0 Å². The number of nitrogens with two attached hydrogens (primary N) is 1. The highest BCUT2D eigenvalue weighted by atomic mass is 16.4. The third kappa shape index (κ3) is 3.36. The Morgan fingerprint density at radius 1 is 1.22 bits per heavy atom. The van der Waals surface area contributed by atoms with Gasteiger partial charge in [-0.25, -0.2) is 9.97 Å². The summed E-state index contributed by atoms with van der Waals surface area (Å²) in [5.41, 5.74) is 9.83. The zero-order valence-corrected chi connectivity index (χ0v) is 15.0. The molecule has 6 heteroatoms. The number of rotatable bonds is 4. The van der Waals surface area contributed by atoms with Crippen LogP contribution in [0.25, 0.3) is 22.0 Å². The SMILES string of the molecule is NCc1cccc(-c2cccc3ncnc(N4CCCC(C(=O)O)C4)c23)c1. The van der Waals surface area contributed by atoms with Gasteiger partial charge >= 0.3 is 5.97 Å². The Balaban J connectivity index is 1.86. The molecule has 3 aromatic rings. The van der Waals surface area contributed by atoms with E-state index in [9.17, 15) is 9.90 Å². The van der Waals surface area contributed by atoms with Crippen LogP contribution in [0.15, 0.2) is 48.8 Å². The lowest BCUT2D eigenvalue weighted by molar-refractivity contribution is -0.141. The summed E-state index contributed by atoms with van der Waals surface area (Å²) < 4.78 is 0. The molecule has 4 rings (SSSR count). The van der Waals surface area contributed by atoms with Gasteiger partial charge in [0, 0.05) is 19.6 Å². The van der Waals surface area contributed by atoms with Crippen LogP contribution >= 0.6 is 0 Å². The predicted molar refractivity (Wildman–Crippen MR) is 105 cm³/mol. The molecule has 6 nitrogen and oxygen atoms in total. The largest absolute Gasteiger partial charge is 0.481 e. The van der Waals surface area contributed by atoms with Gasteiger partial charge in [0.15, 0.2) is 0 Å². The highest BCUT2D eigenvalue weighted by Gasteiger charge is 2.27. The van der Waals surface area contributed by atoms with Crippen LogP contribution in [0.5, 0.6) is 0 Å². The van der Waals surface area contributed by atoms with E-state index in [1.807, 2.05) is 24.3 Å². The predicted octanol–water partition coefficient (Wildman–Crippen LogP) is 3.06. The number of carboxylic acid groups (broad SMARTS) is 1. The summed E-state index contributed by atoms with van der Waals surface area (Å²) in [6, 6.07) is 14.2. The average Bonchev–Trinajstić information content (AvgIpc) is 2.73. The third-order valence-electron chi connectivity index (χ3n) is 5.19. The number of hydrogen-bond acceptors (Lipinski definition) is 5. The van der Waals surface area contributed by atoms with Gasteiger partial charge in [-0.1, -0.05) is 30.3 Å². The first kappa shape index (κ1) is 17.4. The molecule has 0 bridgehead atoms. The summed E-state index contributed by atoms with van der Waals surface area (Å²) >= 11 is 0. The summed E-state index contributed by atoms with van der Waals surface area (Å²) in [5.74, 6) is -0.301. The maximum absolute atomic E-state index is 11.5. The fourth-order valence-electron chi connectivity index (χ4n) is 3.81. The van der Waals surface area contributed by atoms with Crippen LogP contribution in [-0.4, -0.2) is 34.1 Å². The Labute approximate surface area is 157 Å². The molecule has 1 aliphatic heterocycles. The second kappa shape index (κ2) is 7.32. The van der Waals surface area contributed by atoms with Gasteiger partial charge in [0.25, 0.3) is 0 Å². The first-order chi connectivity index (χ1) is 13.2. The van der Waals surface area contributed by atoms with Crippen molar-refractivity contribution in [2.24, 2.45) is 11.7 Å². The number of anilines is 1. The van der Waals surface area contributed by atoms with Crippen molar-refractivity contribution >= 4 is 22.7 Å². The molecule has 1 fully saturated rings. The fourth-order valence-corrected chi connectivity index (χ4v) is 3.81. The van der Waals surface area contributed by atoms with Crippen LogP contribution < -0.4 is 10.6 Å². The van der Waals surface area contributed by atoms with Crippen LogP contribution in [0, 0.1) is 5.92 Å². The molecule has 2 aromatic carbocycles. The Morgan fingerprint density at radius 3 is 2.89 bits per heavy atom. The van der Waals surface area contributed by atoms with Crippen LogP contribution in [0.3, 0.4) is 0 Å². The second-order valence-corrected chi connectivity index (χ2v) is 6.92. The van der Waals surface area contributed by atoms with E-state index in [-0.39, 0.29) is 5.92 Å². The minimum Gasteiger partial charge on any atom is -0.481 e. The molecule has 1 aliphatic rings. The number of nitrogens with zero attached hydrogens (tertiary/aromatic N) is 3. The number of piperidine rings is 1. The third-order valence-corrected chi connectivity index (χ3v) is 5.19. The van der Waals surface area contributed by atoms with Crippen molar-refractivity contribution in [1.82, 2.24) is 9.97 Å². The van der Waals surface area contributed by atoms with Crippen molar-refractivity contribution in [1.29, 1.82) is 0 Å². The topological polar surface area (TPSA) is 92.3 Å². The minimum atomic E-state index is -0.742. The zero-order valence-electron chi connectivity index (χ0n) is 15.0. The van der Waals surface area contributed by atoms with Crippen molar-refractivity contribution < 1.29 is 9.90 Å². The van der Waals surface area contributed by atoms with Gasteiger partial charge in [-0.2, -0.15) is 0 Å². The molecule has 138 valence electrons. The summed E-state index contributed by atoms with van der Waals surface area (Å²) in [7, 11) is 0. The highest BCUT2D eigenvalue weighted by molar-refractivity contribution is 6.02. The Kier molecular flexibility index (Phi) is 4.73. The van der Waals surface area contributed by atoms with Gasteiger partial charge in [-0.15, -0.1) is 0 Å². The standard InChI is InChI=1S/C21H22N4O2/c22-11-14-4-1-5-15(10-14)17-7-2-8-18-19(17)20(24-13-23-18)25-9-3-6-16(12-25)21(26)27/h1-2,4-5,7-8,10,13,16H,3,6,9,11-12,22H2,(H,26,27). The van der Waals surface area contributed by atoms with Gasteiger partial charge in [0.2, 0.25) is 0 Å². The van der Waals surface area contributed by atoms with E-state index < -0.39 is 5.97 Å². The molecule has 3 N–H and O–H groups in total. The Hall–Kier alpha value is -2.99. The van der Waals surface area contributed by atoms with E-state index in [4.69, 9.17) is 5.73 Å². The van der Waals surface area contributed by atoms with Gasteiger partial charge in [-0.3, -0.25) is 4.79 Å². The van der Waals surface area contributed by atoms with Gasteiger partial charge in [0.1, 0.15) is 12.1 Å². The van der Waals surface area contributed by atoms with Crippen molar-refractivity contribution in [3.63, 3.8) is 0 Å². The zero-order chi connectivity index (χ0) is 18.8. The lowest BCUT2D eigenvalue weighted by Gasteiger charge is -2.32. The van der Waals surface area contributed by atoms with E-state index in [0.717, 1.165) is 46.4 Å². The summed E-state index contributed by atoms with van der Waals surface area (Å²) in [6.07, 6.45) is 3.11. The fraction of sp³-hybridized carbons (Fsp3) is 0.286. The molecule has 0 spiro atoms. The molecule has 1 saturated heterocycles. The van der Waals surface area contributed by atoms with Crippen LogP contribution in [0.4, 0.5) is 5.82 Å². The maximum Gasteiger partial charge on any atom is 0.308 e. The summed E-state index contributed by atoms with van der Waals surface area (Å²) in [5, 5.41) is 10.4. The molecule has 27 heavy (non-hydrogen) atoms. The molecular weight excluding hydrogens is 340 g/mol. The monoisotopic (exact) mass is 362 g/mol. The molecule has 1 atom stereocenters. The van der Waals surface area contributed by atoms with Crippen molar-refractivity contribution in [3.05, 3.63) is 54.4 Å². The van der Waals surface area contributed by atoms with Crippen molar-refractivity contribution in [2.75, 3.05) is 18.0 Å². The highest BCUT2D eigenvalue weighted by Crippen LogP contribution is 2.35.